The Bertz CT molecular complexity index is 1690. The molecule has 2 aromatic heterocycles. The van der Waals surface area contributed by atoms with Crippen LogP contribution in [0.15, 0.2) is 67.0 Å². The molecule has 4 aromatic rings. The minimum absolute atomic E-state index is 0.0404. The molecular weight excluding hydrogens is 543 g/mol. The van der Waals surface area contributed by atoms with Gasteiger partial charge in [0.25, 0.3) is 5.91 Å². The Balaban J connectivity index is 1.09. The number of aromatic nitrogens is 5. The van der Waals surface area contributed by atoms with Crippen LogP contribution in [-0.4, -0.2) is 43.2 Å². The van der Waals surface area contributed by atoms with Gasteiger partial charge in [0.2, 0.25) is 0 Å². The number of tetrazole rings is 1. The number of nitrogens with one attached hydrogen (secondary N) is 2. The fourth-order valence-corrected chi connectivity index (χ4v) is 8.25. The van der Waals surface area contributed by atoms with E-state index in [1.165, 1.54) is 29.0 Å². The summed E-state index contributed by atoms with van der Waals surface area (Å²) in [5.41, 5.74) is 6.42. The highest BCUT2D eigenvalue weighted by molar-refractivity contribution is 5.96. The van der Waals surface area contributed by atoms with Crippen LogP contribution in [0.2, 0.25) is 0 Å². The van der Waals surface area contributed by atoms with Crippen LogP contribution in [0.3, 0.4) is 0 Å². The minimum atomic E-state index is -0.316. The molecule has 220 valence electrons. The molecule has 1 unspecified atom stereocenters. The molecule has 0 bridgehead atoms. The van der Waals surface area contributed by atoms with Gasteiger partial charge in [0, 0.05) is 18.7 Å². The Kier molecular flexibility index (Phi) is 7.03. The van der Waals surface area contributed by atoms with Crippen molar-refractivity contribution in [2.75, 3.05) is 6.54 Å². The van der Waals surface area contributed by atoms with Crippen molar-refractivity contribution in [2.45, 2.75) is 57.3 Å². The molecule has 1 saturated carbocycles. The molecule has 0 aliphatic heterocycles. The quantitative estimate of drug-likeness (QED) is 0.250. The molecule has 0 radical (unpaired) electrons. The number of phenols is 1. The van der Waals surface area contributed by atoms with Crippen LogP contribution in [0, 0.1) is 23.1 Å². The summed E-state index contributed by atoms with van der Waals surface area (Å²) in [6.07, 6.45) is 11.4. The number of nitrogens with zero attached hydrogens (tertiary/aromatic N) is 4. The molecule has 1 fully saturated rings. The molecule has 3 aliphatic carbocycles. The number of hydrogen-bond acceptors (Lipinski definition) is 6. The first-order valence-electron chi connectivity index (χ1n) is 15.2. The zero-order valence-corrected chi connectivity index (χ0v) is 24.1. The van der Waals surface area contributed by atoms with E-state index in [4.69, 9.17) is 0 Å². The van der Waals surface area contributed by atoms with Gasteiger partial charge in [-0.05, 0) is 108 Å². The molecule has 2 heterocycles. The zero-order chi connectivity index (χ0) is 29.6. The first-order chi connectivity index (χ1) is 20.9. The molecule has 3 aliphatic rings. The monoisotopic (exact) mass is 578 g/mol. The minimum Gasteiger partial charge on any atom is -0.507 e. The number of aryl methyl sites for hydroxylation is 1. The third-order valence-electron chi connectivity index (χ3n) is 10.3. The first kappa shape index (κ1) is 27.4. The molecule has 0 spiro atoms. The number of rotatable bonds is 7. The highest BCUT2D eigenvalue weighted by atomic mass is 19.1. The zero-order valence-electron chi connectivity index (χ0n) is 24.1. The van der Waals surface area contributed by atoms with Crippen LogP contribution < -0.4 is 5.32 Å². The molecule has 2 aromatic carbocycles. The maximum Gasteiger partial charge on any atom is 0.255 e. The highest BCUT2D eigenvalue weighted by Crippen LogP contribution is 2.63. The first-order valence-corrected chi connectivity index (χ1v) is 15.2. The molecule has 0 saturated heterocycles. The van der Waals surface area contributed by atoms with Crippen molar-refractivity contribution < 1.29 is 14.3 Å². The fraction of sp³-hybridized carbons (Fsp3) is 0.382. The number of phenolic OH excluding ortho intramolecular Hbond substituents is 1. The van der Waals surface area contributed by atoms with Gasteiger partial charge in [-0.15, -0.1) is 10.2 Å². The van der Waals surface area contributed by atoms with Gasteiger partial charge < -0.3 is 10.4 Å². The normalized spacial score (nSPS) is 24.8. The van der Waals surface area contributed by atoms with Crippen molar-refractivity contribution in [3.8, 4) is 5.75 Å². The third-order valence-corrected chi connectivity index (χ3v) is 10.3. The van der Waals surface area contributed by atoms with Gasteiger partial charge in [-0.25, -0.2) is 4.39 Å². The van der Waals surface area contributed by atoms with Gasteiger partial charge in [-0.1, -0.05) is 48.5 Å². The standard InChI is InChI=1S/C34H35FN6O2/c1-34-14-12-26-24-8-6-21(25(32-38-40-41-39-32)13-15-37-33(43)28-4-2-3-5-31(28)42)16-20(24)7-9-27(26)30(34)11-10-29(34)22-17-23(35)19-36-18-22/h2-6,8,10,16-19,25-27,30,42H,7,9,11-15H2,1H3,(H,37,43)(H,38,39,40,41)/t25?,26-,27-,30+,34-/m1/s1. The van der Waals surface area contributed by atoms with Gasteiger partial charge in [-0.3, -0.25) is 9.78 Å². The Labute approximate surface area is 249 Å². The largest absolute Gasteiger partial charge is 0.507 e. The van der Waals surface area contributed by atoms with Gasteiger partial charge in [-0.2, -0.15) is 5.21 Å². The van der Waals surface area contributed by atoms with Gasteiger partial charge in [0.1, 0.15) is 11.6 Å². The van der Waals surface area contributed by atoms with Gasteiger partial charge >= 0.3 is 0 Å². The fourth-order valence-electron chi connectivity index (χ4n) is 8.25. The van der Waals surface area contributed by atoms with E-state index in [0.717, 1.165) is 43.2 Å². The van der Waals surface area contributed by atoms with E-state index in [1.54, 1.807) is 24.3 Å². The lowest BCUT2D eigenvalue weighted by Crippen LogP contribution is -2.41. The lowest BCUT2D eigenvalue weighted by molar-refractivity contribution is 0.0885. The Morgan fingerprint density at radius 2 is 2.07 bits per heavy atom. The van der Waals surface area contributed by atoms with Crippen LogP contribution in [-0.2, 0) is 6.42 Å². The lowest BCUT2D eigenvalue weighted by atomic mass is 9.54. The maximum atomic E-state index is 14.0. The number of carbonyl (C=O) groups is 1. The van der Waals surface area contributed by atoms with Crippen LogP contribution in [0.5, 0.6) is 5.75 Å². The van der Waals surface area contributed by atoms with Crippen LogP contribution >= 0.6 is 0 Å². The summed E-state index contributed by atoms with van der Waals surface area (Å²) < 4.78 is 14.0. The summed E-state index contributed by atoms with van der Waals surface area (Å²) in [6.45, 7) is 2.77. The van der Waals surface area contributed by atoms with E-state index in [0.29, 0.717) is 36.5 Å². The van der Waals surface area contributed by atoms with Crippen LogP contribution in [0.1, 0.15) is 89.3 Å². The third kappa shape index (κ3) is 4.90. The summed E-state index contributed by atoms with van der Waals surface area (Å²) in [5, 5.41) is 27.9. The van der Waals surface area contributed by atoms with E-state index >= 15 is 0 Å². The molecule has 3 N–H and O–H groups in total. The Morgan fingerprint density at radius 1 is 1.19 bits per heavy atom. The number of aromatic hydroxyl groups is 1. The number of H-pyrrole nitrogens is 1. The number of halogens is 1. The van der Waals surface area contributed by atoms with E-state index in [-0.39, 0.29) is 34.4 Å². The molecule has 8 nitrogen and oxygen atoms in total. The van der Waals surface area contributed by atoms with Crippen molar-refractivity contribution in [1.82, 2.24) is 30.9 Å². The average molecular weight is 579 g/mol. The van der Waals surface area contributed by atoms with Crippen molar-refractivity contribution in [3.63, 3.8) is 0 Å². The molecule has 5 atom stereocenters. The molecule has 7 rings (SSSR count). The van der Waals surface area contributed by atoms with E-state index < -0.39 is 0 Å². The summed E-state index contributed by atoms with van der Waals surface area (Å²) in [4.78, 5) is 16.8. The van der Waals surface area contributed by atoms with Crippen molar-refractivity contribution in [3.05, 3.63) is 106 Å². The van der Waals surface area contributed by atoms with Crippen LogP contribution in [0.4, 0.5) is 4.39 Å². The topological polar surface area (TPSA) is 117 Å². The number of aromatic amines is 1. The highest BCUT2D eigenvalue weighted by Gasteiger charge is 2.52. The van der Waals surface area contributed by atoms with Crippen molar-refractivity contribution >= 4 is 11.5 Å². The Hall–Kier alpha value is -4.40. The summed E-state index contributed by atoms with van der Waals surface area (Å²) in [7, 11) is 0. The lowest BCUT2D eigenvalue weighted by Gasteiger charge is -2.50. The number of amides is 1. The molecule has 43 heavy (non-hydrogen) atoms. The second-order valence-corrected chi connectivity index (χ2v) is 12.5. The summed E-state index contributed by atoms with van der Waals surface area (Å²) in [6, 6.07) is 15.0. The molecular formula is C34H35FN6O2. The van der Waals surface area contributed by atoms with Crippen molar-refractivity contribution in [2.24, 2.45) is 17.3 Å². The predicted molar refractivity (Wildman–Crippen MR) is 160 cm³/mol. The summed E-state index contributed by atoms with van der Waals surface area (Å²) >= 11 is 0. The smallest absolute Gasteiger partial charge is 0.255 e. The van der Waals surface area contributed by atoms with Gasteiger partial charge in [0.15, 0.2) is 5.82 Å². The predicted octanol–water partition coefficient (Wildman–Crippen LogP) is 5.94. The van der Waals surface area contributed by atoms with Crippen molar-refractivity contribution in [1.29, 1.82) is 0 Å². The second-order valence-electron chi connectivity index (χ2n) is 12.5. The van der Waals surface area contributed by atoms with E-state index in [2.05, 4.69) is 62.1 Å². The molecule has 1 amide bonds. The average Bonchev–Trinajstić information content (AvgIpc) is 3.67. The number of fused-ring (bicyclic) bond motifs is 5. The Morgan fingerprint density at radius 3 is 2.88 bits per heavy atom. The number of allylic oxidation sites excluding steroid dienone is 2. The number of carbonyl (C=O) groups excluding carboxylic acids is 1. The second kappa shape index (κ2) is 11.0. The number of para-hydroxylation sites is 1. The number of hydrogen-bond donors (Lipinski definition) is 3. The number of pyridine rings is 1. The summed E-state index contributed by atoms with van der Waals surface area (Å²) in [5.74, 6) is 1.46. The van der Waals surface area contributed by atoms with Gasteiger partial charge in [0.05, 0.1) is 11.8 Å². The number of benzene rings is 2. The molecule has 9 heteroatoms. The van der Waals surface area contributed by atoms with E-state index in [1.807, 2.05) is 6.20 Å². The SMILES string of the molecule is C[C@]12CC[C@@H]3c4ccc(C(CCNC(=O)c5ccccc5O)c5nn[nH]n5)cc4CC[C@H]3[C@@H]1CC=C2c1cncc(F)c1. The van der Waals surface area contributed by atoms with E-state index in [9.17, 15) is 14.3 Å². The maximum absolute atomic E-state index is 14.0. The van der Waals surface area contributed by atoms with Crippen LogP contribution in [0.25, 0.3) is 5.57 Å².